The summed E-state index contributed by atoms with van der Waals surface area (Å²) >= 11 is 0. The average Bonchev–Trinajstić information content (AvgIpc) is 3.50. The van der Waals surface area contributed by atoms with Crippen molar-refractivity contribution in [1.29, 1.82) is 0 Å². The van der Waals surface area contributed by atoms with Crippen molar-refractivity contribution in [2.24, 2.45) is 5.92 Å². The van der Waals surface area contributed by atoms with Crippen molar-refractivity contribution in [3.63, 3.8) is 0 Å². The third-order valence-corrected chi connectivity index (χ3v) is 8.24. The number of hydrogen-bond donors (Lipinski definition) is 0. The lowest BCUT2D eigenvalue weighted by Crippen LogP contribution is -2.54. The Hall–Kier alpha value is -1.87. The molecule has 0 bridgehead atoms. The zero-order valence-corrected chi connectivity index (χ0v) is 22.9. The van der Waals surface area contributed by atoms with Gasteiger partial charge in [-0.25, -0.2) is 4.79 Å². The first-order valence-corrected chi connectivity index (χ1v) is 13.9. The predicted molar refractivity (Wildman–Crippen MR) is 136 cm³/mol. The third-order valence-electron chi connectivity index (χ3n) is 8.24. The van der Waals surface area contributed by atoms with Gasteiger partial charge in [-0.15, -0.1) is 0 Å². The maximum atomic E-state index is 13.8. The number of carbonyl (C=O) groups excluding carboxylic acids is 3. The summed E-state index contributed by atoms with van der Waals surface area (Å²) in [5, 5.41) is 0. The van der Waals surface area contributed by atoms with Crippen LogP contribution in [0.5, 0.6) is 0 Å². The van der Waals surface area contributed by atoms with Crippen molar-refractivity contribution >= 4 is 17.9 Å². The number of likely N-dealkylation sites (tertiary alicyclic amines) is 1. The molecule has 204 valence electrons. The number of likely N-dealkylation sites (N-methyl/N-ethyl adjacent to an activating group) is 1. The van der Waals surface area contributed by atoms with Crippen LogP contribution < -0.4 is 0 Å². The van der Waals surface area contributed by atoms with Gasteiger partial charge in [0.2, 0.25) is 5.91 Å². The molecule has 9 heteroatoms. The summed E-state index contributed by atoms with van der Waals surface area (Å²) in [6.45, 7) is 11.7. The molecule has 0 aromatic heterocycles. The molecule has 1 aliphatic carbocycles. The number of carbonyl (C=O) groups is 3. The van der Waals surface area contributed by atoms with Crippen molar-refractivity contribution in [3.8, 4) is 0 Å². The molecule has 0 aromatic rings. The van der Waals surface area contributed by atoms with E-state index >= 15 is 0 Å². The molecule has 0 spiro atoms. The number of piperazine rings is 1. The molecule has 3 atom stereocenters. The van der Waals surface area contributed by atoms with Crippen molar-refractivity contribution in [3.05, 3.63) is 0 Å². The predicted octanol–water partition coefficient (Wildman–Crippen LogP) is 2.72. The van der Waals surface area contributed by atoms with E-state index in [2.05, 4.69) is 18.9 Å². The van der Waals surface area contributed by atoms with Crippen LogP contribution in [0.2, 0.25) is 0 Å². The lowest BCUT2D eigenvalue weighted by Gasteiger charge is -2.41. The molecule has 36 heavy (non-hydrogen) atoms. The molecule has 4 rings (SSSR count). The van der Waals surface area contributed by atoms with Crippen LogP contribution in [-0.2, 0) is 19.1 Å². The minimum Gasteiger partial charge on any atom is -0.444 e. The zero-order valence-electron chi connectivity index (χ0n) is 22.9. The van der Waals surface area contributed by atoms with Crippen LogP contribution >= 0.6 is 0 Å². The standard InChI is InChI=1S/C27H46N4O5/c1-19-8-10-20(11-9-19)31(25(33)23-7-6-16-35-23)21-17-22(24(32)29-14-12-28(5)13-15-29)30(18-21)26(34)36-27(2,3)4/h19-23H,6-18H2,1-5H3/t19?,20?,21-,22-,23-/m0/s1. The van der Waals surface area contributed by atoms with Crippen LogP contribution in [0.3, 0.4) is 0 Å². The Kier molecular flexibility index (Phi) is 8.49. The Morgan fingerprint density at radius 2 is 1.61 bits per heavy atom. The minimum atomic E-state index is -0.663. The van der Waals surface area contributed by atoms with Gasteiger partial charge >= 0.3 is 6.09 Å². The molecular formula is C27H46N4O5. The van der Waals surface area contributed by atoms with Crippen LogP contribution in [0.4, 0.5) is 4.79 Å². The van der Waals surface area contributed by atoms with Gasteiger partial charge in [-0.1, -0.05) is 6.92 Å². The molecule has 3 heterocycles. The lowest BCUT2D eigenvalue weighted by molar-refractivity contribution is -0.147. The zero-order chi connectivity index (χ0) is 26.0. The van der Waals surface area contributed by atoms with Gasteiger partial charge in [-0.3, -0.25) is 14.5 Å². The third kappa shape index (κ3) is 6.33. The van der Waals surface area contributed by atoms with E-state index in [1.54, 1.807) is 4.90 Å². The maximum Gasteiger partial charge on any atom is 0.411 e. The van der Waals surface area contributed by atoms with Crippen molar-refractivity contribution in [2.75, 3.05) is 46.4 Å². The van der Waals surface area contributed by atoms with E-state index in [1.807, 2.05) is 30.6 Å². The van der Waals surface area contributed by atoms with E-state index < -0.39 is 23.8 Å². The number of hydrogen-bond acceptors (Lipinski definition) is 6. The molecule has 4 fully saturated rings. The lowest BCUT2D eigenvalue weighted by atomic mass is 9.85. The van der Waals surface area contributed by atoms with Gasteiger partial charge in [0.05, 0.1) is 6.04 Å². The number of rotatable bonds is 4. The Bertz CT molecular complexity index is 792. The van der Waals surface area contributed by atoms with E-state index in [0.29, 0.717) is 38.6 Å². The molecule has 1 saturated carbocycles. The number of amides is 3. The maximum absolute atomic E-state index is 13.8. The number of ether oxygens (including phenoxy) is 2. The molecule has 3 amide bonds. The highest BCUT2D eigenvalue weighted by Gasteiger charge is 2.48. The fourth-order valence-corrected chi connectivity index (χ4v) is 6.13. The highest BCUT2D eigenvalue weighted by Crippen LogP contribution is 2.34. The fourth-order valence-electron chi connectivity index (χ4n) is 6.13. The van der Waals surface area contributed by atoms with Crippen LogP contribution in [0.15, 0.2) is 0 Å². The summed E-state index contributed by atoms with van der Waals surface area (Å²) in [6.07, 6.45) is 5.30. The first-order valence-electron chi connectivity index (χ1n) is 13.9. The van der Waals surface area contributed by atoms with E-state index in [1.165, 1.54) is 0 Å². The van der Waals surface area contributed by atoms with E-state index in [0.717, 1.165) is 51.6 Å². The fraction of sp³-hybridized carbons (Fsp3) is 0.889. The van der Waals surface area contributed by atoms with Gasteiger partial charge in [-0.05, 0) is 78.7 Å². The van der Waals surface area contributed by atoms with Gasteiger partial charge in [0.25, 0.3) is 5.91 Å². The van der Waals surface area contributed by atoms with Crippen LogP contribution in [-0.4, -0.2) is 114 Å². The Morgan fingerprint density at radius 1 is 0.944 bits per heavy atom. The Morgan fingerprint density at radius 3 is 2.19 bits per heavy atom. The summed E-state index contributed by atoms with van der Waals surface area (Å²) in [5.41, 5.74) is -0.663. The molecule has 0 unspecified atom stereocenters. The van der Waals surface area contributed by atoms with Gasteiger partial charge in [0, 0.05) is 45.4 Å². The van der Waals surface area contributed by atoms with Crippen LogP contribution in [0, 0.1) is 5.92 Å². The molecule has 0 aromatic carbocycles. The van der Waals surface area contributed by atoms with Crippen molar-refractivity contribution in [1.82, 2.24) is 19.6 Å². The van der Waals surface area contributed by atoms with E-state index in [9.17, 15) is 14.4 Å². The van der Waals surface area contributed by atoms with E-state index in [-0.39, 0.29) is 23.9 Å². The molecule has 9 nitrogen and oxygen atoms in total. The summed E-state index contributed by atoms with van der Waals surface area (Å²) in [6, 6.07) is -0.703. The largest absolute Gasteiger partial charge is 0.444 e. The average molecular weight is 507 g/mol. The highest BCUT2D eigenvalue weighted by molar-refractivity contribution is 5.87. The van der Waals surface area contributed by atoms with Gasteiger partial charge < -0.3 is 24.2 Å². The first kappa shape index (κ1) is 27.2. The van der Waals surface area contributed by atoms with Gasteiger partial charge in [0.1, 0.15) is 17.7 Å². The SMILES string of the molecule is CC1CCC(N(C(=O)[C@@H]2CCCO2)[C@H]2C[C@@H](C(=O)N3CCN(C)CC3)N(C(=O)OC(C)(C)C)C2)CC1. The minimum absolute atomic E-state index is 0.0294. The highest BCUT2D eigenvalue weighted by atomic mass is 16.6. The quantitative estimate of drug-likeness (QED) is 0.583. The van der Waals surface area contributed by atoms with Gasteiger partial charge in [-0.2, -0.15) is 0 Å². The van der Waals surface area contributed by atoms with Crippen molar-refractivity contribution < 1.29 is 23.9 Å². The number of nitrogens with zero attached hydrogens (tertiary/aromatic N) is 4. The molecule has 3 aliphatic heterocycles. The Balaban J connectivity index is 1.58. The topological polar surface area (TPSA) is 82.6 Å². The summed E-state index contributed by atoms with van der Waals surface area (Å²) in [7, 11) is 2.06. The smallest absolute Gasteiger partial charge is 0.411 e. The van der Waals surface area contributed by atoms with Gasteiger partial charge in [0.15, 0.2) is 0 Å². The molecule has 4 aliphatic rings. The van der Waals surface area contributed by atoms with E-state index in [4.69, 9.17) is 9.47 Å². The second-order valence-corrected chi connectivity index (χ2v) is 12.3. The molecular weight excluding hydrogens is 460 g/mol. The molecule has 0 N–H and O–H groups in total. The summed E-state index contributed by atoms with van der Waals surface area (Å²) < 4.78 is 11.5. The second-order valence-electron chi connectivity index (χ2n) is 12.3. The molecule has 0 radical (unpaired) electrons. The normalized spacial score (nSPS) is 32.0. The monoisotopic (exact) mass is 506 g/mol. The van der Waals surface area contributed by atoms with Crippen LogP contribution in [0.25, 0.3) is 0 Å². The van der Waals surface area contributed by atoms with Crippen molar-refractivity contribution in [2.45, 2.75) is 102 Å². The Labute approximate surface area is 216 Å². The second kappa shape index (κ2) is 11.3. The summed E-state index contributed by atoms with van der Waals surface area (Å²) in [4.78, 5) is 48.6. The first-order chi connectivity index (χ1) is 17.0. The summed E-state index contributed by atoms with van der Waals surface area (Å²) in [5.74, 6) is 0.668. The van der Waals surface area contributed by atoms with Crippen LogP contribution in [0.1, 0.15) is 72.6 Å². The molecule has 3 saturated heterocycles.